The normalized spacial score (nSPS) is 13.6. The summed E-state index contributed by atoms with van der Waals surface area (Å²) in [6.07, 6.45) is -3.05. The maximum Gasteiger partial charge on any atom is 0.435 e. The number of hydrogen-bond acceptors (Lipinski definition) is 2. The molecule has 1 heterocycles. The fourth-order valence-electron chi connectivity index (χ4n) is 0.960. The maximum atomic E-state index is 12.1. The minimum absolute atomic E-state index is 0.138. The fraction of sp³-hybridized carbons (Fsp3) is 0.500. The molecule has 1 atom stereocenters. The fourth-order valence-corrected chi connectivity index (χ4v) is 0.960. The first-order valence-electron chi connectivity index (χ1n) is 3.94. The lowest BCUT2D eigenvalue weighted by molar-refractivity contribution is -0.141. The van der Waals surface area contributed by atoms with E-state index < -0.39 is 11.9 Å². The molecule has 0 N–H and O–H groups in total. The van der Waals surface area contributed by atoms with Gasteiger partial charge >= 0.3 is 6.18 Å². The van der Waals surface area contributed by atoms with E-state index in [-0.39, 0.29) is 12.5 Å². The number of halogens is 3. The molecule has 0 saturated carbocycles. The van der Waals surface area contributed by atoms with Crippen LogP contribution in [0.5, 0.6) is 0 Å². The van der Waals surface area contributed by atoms with Crippen molar-refractivity contribution in [2.45, 2.75) is 25.6 Å². The zero-order chi connectivity index (χ0) is 10.8. The Labute approximate surface area is 78.8 Å². The van der Waals surface area contributed by atoms with Gasteiger partial charge in [0.2, 0.25) is 0 Å². The second-order valence-electron chi connectivity index (χ2n) is 2.89. The molecule has 1 rings (SSSR count). The van der Waals surface area contributed by atoms with Crippen molar-refractivity contribution in [2.75, 3.05) is 0 Å². The summed E-state index contributed by atoms with van der Waals surface area (Å²) in [5, 5.41) is 11.7. The SMILES string of the molecule is C[C@@H](CC#N)n1ccc(C(F)(F)F)n1. The average Bonchev–Trinajstić information content (AvgIpc) is 2.51. The summed E-state index contributed by atoms with van der Waals surface area (Å²) in [6.45, 7) is 1.64. The van der Waals surface area contributed by atoms with Crippen molar-refractivity contribution in [3.05, 3.63) is 18.0 Å². The van der Waals surface area contributed by atoms with Gasteiger partial charge in [-0.25, -0.2) is 0 Å². The van der Waals surface area contributed by atoms with Crippen LogP contribution in [-0.2, 0) is 6.18 Å². The highest BCUT2D eigenvalue weighted by Crippen LogP contribution is 2.27. The lowest BCUT2D eigenvalue weighted by Crippen LogP contribution is -2.10. The molecule has 0 aliphatic rings. The van der Waals surface area contributed by atoms with Crippen molar-refractivity contribution in [1.29, 1.82) is 5.26 Å². The molecule has 0 aromatic carbocycles. The first-order valence-corrected chi connectivity index (χ1v) is 3.94. The molecule has 0 saturated heterocycles. The predicted octanol–water partition coefficient (Wildman–Crippen LogP) is 2.38. The molecule has 0 unspecified atom stereocenters. The van der Waals surface area contributed by atoms with Gasteiger partial charge in [0.25, 0.3) is 0 Å². The van der Waals surface area contributed by atoms with Crippen LogP contribution in [0.1, 0.15) is 25.1 Å². The Morgan fingerprint density at radius 2 is 2.29 bits per heavy atom. The first kappa shape index (κ1) is 10.6. The van der Waals surface area contributed by atoms with Crippen molar-refractivity contribution in [3.63, 3.8) is 0 Å². The molecule has 14 heavy (non-hydrogen) atoms. The van der Waals surface area contributed by atoms with E-state index in [1.54, 1.807) is 6.92 Å². The quantitative estimate of drug-likeness (QED) is 0.740. The molecule has 0 fully saturated rings. The van der Waals surface area contributed by atoms with Crippen molar-refractivity contribution in [3.8, 4) is 6.07 Å². The van der Waals surface area contributed by atoms with Crippen LogP contribution in [0, 0.1) is 11.3 Å². The van der Waals surface area contributed by atoms with Gasteiger partial charge in [-0.05, 0) is 13.0 Å². The average molecular weight is 203 g/mol. The Hall–Kier alpha value is -1.51. The van der Waals surface area contributed by atoms with Crippen LogP contribution in [0.4, 0.5) is 13.2 Å². The molecule has 0 bridgehead atoms. The zero-order valence-corrected chi connectivity index (χ0v) is 7.41. The van der Waals surface area contributed by atoms with E-state index in [2.05, 4.69) is 5.10 Å². The van der Waals surface area contributed by atoms with E-state index >= 15 is 0 Å². The molecule has 6 heteroatoms. The third kappa shape index (κ3) is 2.25. The monoisotopic (exact) mass is 203 g/mol. The summed E-state index contributed by atoms with van der Waals surface area (Å²) in [5.41, 5.74) is -0.928. The first-order chi connectivity index (χ1) is 6.45. The number of alkyl halides is 3. The molecule has 0 aliphatic heterocycles. The van der Waals surface area contributed by atoms with Crippen molar-refractivity contribution in [1.82, 2.24) is 9.78 Å². The number of rotatable bonds is 2. The van der Waals surface area contributed by atoms with Gasteiger partial charge in [0.1, 0.15) is 0 Å². The Bertz CT molecular complexity index is 347. The predicted molar refractivity (Wildman–Crippen MR) is 42.2 cm³/mol. The summed E-state index contributed by atoms with van der Waals surface area (Å²) >= 11 is 0. The van der Waals surface area contributed by atoms with Gasteiger partial charge in [-0.3, -0.25) is 4.68 Å². The highest BCUT2D eigenvalue weighted by Gasteiger charge is 2.33. The van der Waals surface area contributed by atoms with E-state index in [9.17, 15) is 13.2 Å². The second-order valence-corrected chi connectivity index (χ2v) is 2.89. The molecule has 3 nitrogen and oxygen atoms in total. The van der Waals surface area contributed by atoms with E-state index in [4.69, 9.17) is 5.26 Å². The van der Waals surface area contributed by atoms with E-state index in [1.807, 2.05) is 6.07 Å². The summed E-state index contributed by atoms with van der Waals surface area (Å²) < 4.78 is 37.5. The number of aromatic nitrogens is 2. The van der Waals surface area contributed by atoms with Crippen LogP contribution in [0.3, 0.4) is 0 Å². The standard InChI is InChI=1S/C8H8F3N3/c1-6(2-4-12)14-5-3-7(13-14)8(9,10)11/h3,5-6H,2H2,1H3/t6-/m0/s1. The Morgan fingerprint density at radius 1 is 1.64 bits per heavy atom. The van der Waals surface area contributed by atoms with Crippen LogP contribution in [0.25, 0.3) is 0 Å². The molecule has 0 spiro atoms. The lowest BCUT2D eigenvalue weighted by Gasteiger charge is -2.07. The highest BCUT2D eigenvalue weighted by atomic mass is 19.4. The van der Waals surface area contributed by atoms with Gasteiger partial charge in [-0.2, -0.15) is 23.5 Å². The molecule has 0 amide bonds. The van der Waals surface area contributed by atoms with Gasteiger partial charge in [-0.1, -0.05) is 0 Å². The number of nitriles is 1. The third-order valence-corrected chi connectivity index (χ3v) is 1.74. The molecule has 0 radical (unpaired) electrons. The Balaban J connectivity index is 2.84. The van der Waals surface area contributed by atoms with E-state index in [1.165, 1.54) is 6.20 Å². The third-order valence-electron chi connectivity index (χ3n) is 1.74. The van der Waals surface area contributed by atoms with Crippen LogP contribution >= 0.6 is 0 Å². The number of hydrogen-bond donors (Lipinski definition) is 0. The summed E-state index contributed by atoms with van der Waals surface area (Å²) in [7, 11) is 0. The largest absolute Gasteiger partial charge is 0.435 e. The van der Waals surface area contributed by atoms with Crippen molar-refractivity contribution < 1.29 is 13.2 Å². The van der Waals surface area contributed by atoms with Gasteiger partial charge in [0.15, 0.2) is 5.69 Å². The van der Waals surface area contributed by atoms with Gasteiger partial charge < -0.3 is 0 Å². The van der Waals surface area contributed by atoms with Crippen molar-refractivity contribution >= 4 is 0 Å². The molecule has 1 aromatic rings. The topological polar surface area (TPSA) is 41.6 Å². The summed E-state index contributed by atoms with van der Waals surface area (Å²) in [4.78, 5) is 0. The second kappa shape index (κ2) is 3.70. The van der Waals surface area contributed by atoms with Gasteiger partial charge in [0, 0.05) is 6.20 Å². The van der Waals surface area contributed by atoms with E-state index in [0.717, 1.165) is 10.7 Å². The smallest absolute Gasteiger partial charge is 0.268 e. The van der Waals surface area contributed by atoms with Crippen LogP contribution in [-0.4, -0.2) is 9.78 Å². The molecule has 76 valence electrons. The Morgan fingerprint density at radius 3 is 2.71 bits per heavy atom. The summed E-state index contributed by atoms with van der Waals surface area (Å²) in [5.74, 6) is 0. The summed E-state index contributed by atoms with van der Waals surface area (Å²) in [6, 6.07) is 2.43. The molecular formula is C8H8F3N3. The lowest BCUT2D eigenvalue weighted by atomic mass is 10.3. The zero-order valence-electron chi connectivity index (χ0n) is 7.41. The molecule has 1 aromatic heterocycles. The van der Waals surface area contributed by atoms with Gasteiger partial charge in [-0.15, -0.1) is 0 Å². The highest BCUT2D eigenvalue weighted by molar-refractivity contribution is 5.04. The van der Waals surface area contributed by atoms with Crippen LogP contribution < -0.4 is 0 Å². The number of nitrogens with zero attached hydrogens (tertiary/aromatic N) is 3. The van der Waals surface area contributed by atoms with Crippen LogP contribution in [0.15, 0.2) is 12.3 Å². The molecule has 0 aliphatic carbocycles. The minimum atomic E-state index is -4.42. The van der Waals surface area contributed by atoms with Gasteiger partial charge in [0.05, 0.1) is 18.5 Å². The molecular weight excluding hydrogens is 195 g/mol. The van der Waals surface area contributed by atoms with E-state index in [0.29, 0.717) is 0 Å². The van der Waals surface area contributed by atoms with Crippen LogP contribution in [0.2, 0.25) is 0 Å². The Kier molecular flexibility index (Phi) is 2.79. The minimum Gasteiger partial charge on any atom is -0.268 e. The van der Waals surface area contributed by atoms with Crippen molar-refractivity contribution in [2.24, 2.45) is 0 Å². The maximum absolute atomic E-state index is 12.1.